The molecule has 1 aromatic heterocycles. The van der Waals surface area contributed by atoms with Gasteiger partial charge in [0, 0.05) is 52.4 Å². The molecule has 2 aliphatic heterocycles. The number of aromatic nitrogens is 1. The zero-order valence-electron chi connectivity index (χ0n) is 15.2. The second-order valence-corrected chi connectivity index (χ2v) is 9.00. The van der Waals surface area contributed by atoms with Gasteiger partial charge in [-0.2, -0.15) is 0 Å². The molecule has 25 heavy (non-hydrogen) atoms. The maximum atomic E-state index is 12.9. The van der Waals surface area contributed by atoms with Gasteiger partial charge in [0.1, 0.15) is 5.82 Å². The first-order valence-corrected chi connectivity index (χ1v) is 10.6. The number of anilines is 1. The molecule has 0 bridgehead atoms. The van der Waals surface area contributed by atoms with E-state index in [-0.39, 0.29) is 5.91 Å². The summed E-state index contributed by atoms with van der Waals surface area (Å²) in [6.45, 7) is 2.46. The van der Waals surface area contributed by atoms with E-state index in [0.29, 0.717) is 37.3 Å². The summed E-state index contributed by atoms with van der Waals surface area (Å²) in [5.74, 6) is 0.698. The highest BCUT2D eigenvalue weighted by atomic mass is 32.2. The topological polar surface area (TPSA) is 73.8 Å². The standard InChI is InChI=1S/C17H26N4O3S/c1-19(2)16-14(17(22)20-8-4-5-9-20)12-13-6-10-21(25(3,23)24)11-7-15(13)18-16/h12H,4-11H2,1-3H3. The number of nitrogens with zero attached hydrogens (tertiary/aromatic N) is 4. The van der Waals surface area contributed by atoms with E-state index >= 15 is 0 Å². The van der Waals surface area contributed by atoms with Crippen LogP contribution < -0.4 is 4.90 Å². The molecule has 0 unspecified atom stereocenters. The second kappa shape index (κ2) is 6.92. The molecule has 1 amide bonds. The maximum absolute atomic E-state index is 12.9. The van der Waals surface area contributed by atoms with Crippen molar-refractivity contribution in [1.82, 2.24) is 14.2 Å². The summed E-state index contributed by atoms with van der Waals surface area (Å²) < 4.78 is 25.2. The van der Waals surface area contributed by atoms with Gasteiger partial charge in [-0.15, -0.1) is 0 Å². The average molecular weight is 366 g/mol. The quantitative estimate of drug-likeness (QED) is 0.789. The third-order valence-electron chi connectivity index (χ3n) is 4.92. The van der Waals surface area contributed by atoms with Crippen LogP contribution in [-0.4, -0.2) is 75.0 Å². The summed E-state index contributed by atoms with van der Waals surface area (Å²) in [6.07, 6.45) is 4.49. The van der Waals surface area contributed by atoms with E-state index in [1.807, 2.05) is 30.0 Å². The molecule has 0 aromatic carbocycles. The summed E-state index contributed by atoms with van der Waals surface area (Å²) in [7, 11) is 0.555. The lowest BCUT2D eigenvalue weighted by Crippen LogP contribution is -2.32. The lowest BCUT2D eigenvalue weighted by molar-refractivity contribution is 0.0793. The Morgan fingerprint density at radius 1 is 1.12 bits per heavy atom. The number of pyridine rings is 1. The highest BCUT2D eigenvalue weighted by Crippen LogP contribution is 2.26. The number of amides is 1. The fourth-order valence-corrected chi connectivity index (χ4v) is 4.37. The molecule has 138 valence electrons. The van der Waals surface area contributed by atoms with Crippen molar-refractivity contribution >= 4 is 21.7 Å². The first kappa shape index (κ1) is 18.1. The molecule has 7 nitrogen and oxygen atoms in total. The van der Waals surface area contributed by atoms with Crippen LogP contribution in [0.25, 0.3) is 0 Å². The van der Waals surface area contributed by atoms with Gasteiger partial charge in [-0.05, 0) is 30.9 Å². The lowest BCUT2D eigenvalue weighted by Gasteiger charge is -2.22. The molecule has 1 saturated heterocycles. The van der Waals surface area contributed by atoms with Crippen molar-refractivity contribution in [2.75, 3.05) is 51.4 Å². The zero-order chi connectivity index (χ0) is 18.2. The third-order valence-corrected chi connectivity index (χ3v) is 6.22. The van der Waals surface area contributed by atoms with Crippen LogP contribution in [0, 0.1) is 0 Å². The largest absolute Gasteiger partial charge is 0.362 e. The van der Waals surface area contributed by atoms with E-state index < -0.39 is 10.0 Å². The van der Waals surface area contributed by atoms with Crippen molar-refractivity contribution in [1.29, 1.82) is 0 Å². The van der Waals surface area contributed by atoms with Gasteiger partial charge in [-0.25, -0.2) is 17.7 Å². The Labute approximate surface area is 149 Å². The van der Waals surface area contributed by atoms with Crippen molar-refractivity contribution < 1.29 is 13.2 Å². The third kappa shape index (κ3) is 3.79. The Morgan fingerprint density at radius 2 is 1.76 bits per heavy atom. The van der Waals surface area contributed by atoms with Gasteiger partial charge < -0.3 is 9.80 Å². The molecule has 3 rings (SSSR count). The van der Waals surface area contributed by atoms with Crippen LogP contribution in [0.1, 0.15) is 34.5 Å². The summed E-state index contributed by atoms with van der Waals surface area (Å²) in [5.41, 5.74) is 2.51. The number of hydrogen-bond donors (Lipinski definition) is 0. The SMILES string of the molecule is CN(C)c1nc2c(cc1C(=O)N1CCCC1)CCN(S(C)(=O)=O)CC2. The van der Waals surface area contributed by atoms with Crippen molar-refractivity contribution in [3.8, 4) is 0 Å². The minimum Gasteiger partial charge on any atom is -0.362 e. The van der Waals surface area contributed by atoms with Crippen LogP contribution in [0.4, 0.5) is 5.82 Å². The molecule has 2 aliphatic rings. The Bertz CT molecular complexity index is 770. The van der Waals surface area contributed by atoms with Gasteiger partial charge in [0.05, 0.1) is 11.8 Å². The van der Waals surface area contributed by atoms with E-state index in [4.69, 9.17) is 4.98 Å². The Balaban J connectivity index is 1.96. The van der Waals surface area contributed by atoms with E-state index in [2.05, 4.69) is 0 Å². The van der Waals surface area contributed by atoms with E-state index in [0.717, 1.165) is 37.2 Å². The number of sulfonamides is 1. The lowest BCUT2D eigenvalue weighted by atomic mass is 10.0. The Morgan fingerprint density at radius 3 is 2.36 bits per heavy atom. The predicted molar refractivity (Wildman–Crippen MR) is 97.5 cm³/mol. The van der Waals surface area contributed by atoms with Gasteiger partial charge in [0.2, 0.25) is 10.0 Å². The Hall–Kier alpha value is -1.67. The van der Waals surface area contributed by atoms with E-state index in [1.54, 1.807) is 0 Å². The molecule has 0 aliphatic carbocycles. The summed E-state index contributed by atoms with van der Waals surface area (Å²) in [4.78, 5) is 21.4. The maximum Gasteiger partial charge on any atom is 0.257 e. The van der Waals surface area contributed by atoms with E-state index in [1.165, 1.54) is 10.6 Å². The van der Waals surface area contributed by atoms with Crippen LogP contribution in [0.5, 0.6) is 0 Å². The minimum absolute atomic E-state index is 0.0284. The van der Waals surface area contributed by atoms with Gasteiger partial charge in [-0.3, -0.25) is 4.79 Å². The number of likely N-dealkylation sites (tertiary alicyclic amines) is 1. The van der Waals surface area contributed by atoms with Crippen LogP contribution in [0.15, 0.2) is 6.07 Å². The second-order valence-electron chi connectivity index (χ2n) is 7.02. The average Bonchev–Trinajstić information content (AvgIpc) is 2.98. The number of carbonyl (C=O) groups excluding carboxylic acids is 1. The molecule has 1 fully saturated rings. The van der Waals surface area contributed by atoms with Crippen LogP contribution in [0.2, 0.25) is 0 Å². The highest BCUT2D eigenvalue weighted by Gasteiger charge is 2.27. The van der Waals surface area contributed by atoms with Crippen molar-refractivity contribution in [3.05, 3.63) is 22.9 Å². The number of carbonyl (C=O) groups is 1. The molecule has 0 spiro atoms. The normalized spacial score (nSPS) is 18.8. The number of hydrogen-bond acceptors (Lipinski definition) is 5. The van der Waals surface area contributed by atoms with Gasteiger partial charge in [0.25, 0.3) is 5.91 Å². The summed E-state index contributed by atoms with van der Waals surface area (Å²) in [5, 5.41) is 0. The molecule has 0 atom stereocenters. The molecular weight excluding hydrogens is 340 g/mol. The van der Waals surface area contributed by atoms with Crippen LogP contribution in [0.3, 0.4) is 0 Å². The first-order chi connectivity index (χ1) is 11.8. The van der Waals surface area contributed by atoms with Crippen molar-refractivity contribution in [2.24, 2.45) is 0 Å². The van der Waals surface area contributed by atoms with E-state index in [9.17, 15) is 13.2 Å². The molecule has 3 heterocycles. The number of fused-ring (bicyclic) bond motifs is 1. The fourth-order valence-electron chi connectivity index (χ4n) is 3.52. The van der Waals surface area contributed by atoms with Crippen molar-refractivity contribution in [2.45, 2.75) is 25.7 Å². The summed E-state index contributed by atoms with van der Waals surface area (Å²) in [6, 6.07) is 1.93. The number of rotatable bonds is 3. The fraction of sp³-hybridized carbons (Fsp3) is 0.647. The first-order valence-electron chi connectivity index (χ1n) is 8.72. The Kier molecular flexibility index (Phi) is 5.02. The zero-order valence-corrected chi connectivity index (χ0v) is 16.0. The minimum atomic E-state index is -3.21. The molecular formula is C17H26N4O3S. The smallest absolute Gasteiger partial charge is 0.257 e. The van der Waals surface area contributed by atoms with Gasteiger partial charge >= 0.3 is 0 Å². The van der Waals surface area contributed by atoms with Gasteiger partial charge in [-0.1, -0.05) is 0 Å². The molecule has 8 heteroatoms. The highest BCUT2D eigenvalue weighted by molar-refractivity contribution is 7.88. The van der Waals surface area contributed by atoms with Crippen LogP contribution in [-0.2, 0) is 22.9 Å². The molecule has 0 N–H and O–H groups in total. The van der Waals surface area contributed by atoms with Gasteiger partial charge in [0.15, 0.2) is 0 Å². The summed E-state index contributed by atoms with van der Waals surface area (Å²) >= 11 is 0. The van der Waals surface area contributed by atoms with Crippen LogP contribution >= 0.6 is 0 Å². The molecule has 0 saturated carbocycles. The van der Waals surface area contributed by atoms with Crippen molar-refractivity contribution in [3.63, 3.8) is 0 Å². The predicted octanol–water partition coefficient (Wildman–Crippen LogP) is 0.744. The molecule has 1 aromatic rings. The molecule has 0 radical (unpaired) electrons. The monoisotopic (exact) mass is 366 g/mol.